The number of imidazole rings is 1. The van der Waals surface area contributed by atoms with Crippen LogP contribution in [-0.2, 0) is 6.54 Å². The zero-order chi connectivity index (χ0) is 17.3. The Morgan fingerprint density at radius 3 is 2.83 bits per heavy atom. The van der Waals surface area contributed by atoms with E-state index < -0.39 is 5.82 Å². The van der Waals surface area contributed by atoms with Crippen molar-refractivity contribution in [3.05, 3.63) is 64.8 Å². The van der Waals surface area contributed by atoms with Crippen molar-refractivity contribution in [2.24, 2.45) is 0 Å². The van der Waals surface area contributed by atoms with Gasteiger partial charge in [0.1, 0.15) is 11.5 Å². The van der Waals surface area contributed by atoms with Crippen molar-refractivity contribution in [1.82, 2.24) is 14.3 Å². The van der Waals surface area contributed by atoms with Crippen LogP contribution >= 0.6 is 11.6 Å². The minimum Gasteiger partial charge on any atom is -0.321 e. The van der Waals surface area contributed by atoms with Crippen molar-refractivity contribution >= 4 is 28.8 Å². The first kappa shape index (κ1) is 16.4. The number of carbonyl (C=O) groups excluding carboxylic acids is 1. The fraction of sp³-hybridized carbons (Fsp3) is 0.176. The fourth-order valence-corrected chi connectivity index (χ4v) is 2.62. The van der Waals surface area contributed by atoms with Crippen LogP contribution in [0.25, 0.3) is 5.65 Å². The smallest absolute Gasteiger partial charge is 0.276 e. The van der Waals surface area contributed by atoms with E-state index in [2.05, 4.69) is 10.3 Å². The number of rotatable bonds is 4. The average Bonchev–Trinajstić information content (AvgIpc) is 2.89. The lowest BCUT2D eigenvalue weighted by atomic mass is 10.2. The Morgan fingerprint density at radius 1 is 1.33 bits per heavy atom. The predicted octanol–water partition coefficient (Wildman–Crippen LogP) is 3.44. The van der Waals surface area contributed by atoms with Gasteiger partial charge in [-0.2, -0.15) is 0 Å². The van der Waals surface area contributed by atoms with Gasteiger partial charge in [-0.3, -0.25) is 4.79 Å². The molecule has 0 bridgehead atoms. The van der Waals surface area contributed by atoms with Crippen LogP contribution in [0.2, 0.25) is 5.02 Å². The molecule has 1 amide bonds. The molecule has 3 rings (SSSR count). The lowest BCUT2D eigenvalue weighted by Gasteiger charge is -2.11. The van der Waals surface area contributed by atoms with Gasteiger partial charge in [0.2, 0.25) is 0 Å². The molecule has 2 aromatic heterocycles. The van der Waals surface area contributed by atoms with Gasteiger partial charge in [-0.15, -0.1) is 0 Å². The van der Waals surface area contributed by atoms with E-state index in [4.69, 9.17) is 11.6 Å². The summed E-state index contributed by atoms with van der Waals surface area (Å²) in [4.78, 5) is 19.0. The second-order valence-corrected chi connectivity index (χ2v) is 6.06. The molecule has 0 atom stereocenters. The van der Waals surface area contributed by atoms with E-state index in [-0.39, 0.29) is 10.9 Å². The third kappa shape index (κ3) is 3.25. The molecule has 2 heterocycles. The Bertz CT molecular complexity index is 907. The zero-order valence-electron chi connectivity index (χ0n) is 13.3. The molecule has 7 heteroatoms. The van der Waals surface area contributed by atoms with Gasteiger partial charge in [-0.05, 0) is 44.4 Å². The maximum absolute atomic E-state index is 13.2. The van der Waals surface area contributed by atoms with Crippen LogP contribution < -0.4 is 5.32 Å². The molecule has 0 radical (unpaired) electrons. The molecule has 0 spiro atoms. The van der Waals surface area contributed by atoms with E-state index in [9.17, 15) is 9.18 Å². The summed E-state index contributed by atoms with van der Waals surface area (Å²) >= 11 is 5.75. The summed E-state index contributed by atoms with van der Waals surface area (Å²) in [5, 5.41) is 2.67. The number of fused-ring (bicyclic) bond motifs is 1. The summed E-state index contributed by atoms with van der Waals surface area (Å²) in [6.45, 7) is 0.554. The topological polar surface area (TPSA) is 49.6 Å². The molecule has 1 aromatic carbocycles. The number of halogens is 2. The highest BCUT2D eigenvalue weighted by Gasteiger charge is 2.19. The Balaban J connectivity index is 1.97. The number of benzene rings is 1. The largest absolute Gasteiger partial charge is 0.321 e. The normalized spacial score (nSPS) is 11.2. The van der Waals surface area contributed by atoms with E-state index in [1.54, 1.807) is 0 Å². The SMILES string of the molecule is CN(C)Cc1c(C(=O)Nc2ccc(F)c(Cl)c2)nc2ccccn12. The van der Waals surface area contributed by atoms with Crippen LogP contribution in [0.5, 0.6) is 0 Å². The highest BCUT2D eigenvalue weighted by molar-refractivity contribution is 6.31. The number of nitrogens with one attached hydrogen (secondary N) is 1. The zero-order valence-corrected chi connectivity index (χ0v) is 14.0. The van der Waals surface area contributed by atoms with Crippen molar-refractivity contribution in [3.8, 4) is 0 Å². The first-order valence-electron chi connectivity index (χ1n) is 7.33. The van der Waals surface area contributed by atoms with Crippen molar-refractivity contribution < 1.29 is 9.18 Å². The quantitative estimate of drug-likeness (QED) is 0.787. The van der Waals surface area contributed by atoms with Crippen LogP contribution in [0.4, 0.5) is 10.1 Å². The molecule has 124 valence electrons. The molecule has 0 aliphatic rings. The lowest BCUT2D eigenvalue weighted by Crippen LogP contribution is -2.19. The molecule has 0 saturated carbocycles. The molecule has 0 aliphatic heterocycles. The van der Waals surface area contributed by atoms with Crippen LogP contribution in [-0.4, -0.2) is 34.3 Å². The molecule has 1 N–H and O–H groups in total. The van der Waals surface area contributed by atoms with Crippen molar-refractivity contribution in [2.45, 2.75) is 6.54 Å². The molecule has 0 unspecified atom stereocenters. The van der Waals surface area contributed by atoms with Gasteiger partial charge in [0.05, 0.1) is 10.7 Å². The monoisotopic (exact) mass is 346 g/mol. The molecular formula is C17H16ClFN4O. The van der Waals surface area contributed by atoms with Crippen LogP contribution in [0, 0.1) is 5.82 Å². The van der Waals surface area contributed by atoms with Gasteiger partial charge in [0.15, 0.2) is 5.69 Å². The van der Waals surface area contributed by atoms with Gasteiger partial charge in [0, 0.05) is 18.4 Å². The fourth-order valence-electron chi connectivity index (χ4n) is 2.44. The third-order valence-electron chi connectivity index (χ3n) is 3.49. The van der Waals surface area contributed by atoms with Gasteiger partial charge >= 0.3 is 0 Å². The van der Waals surface area contributed by atoms with Crippen LogP contribution in [0.15, 0.2) is 42.6 Å². The Kier molecular flexibility index (Phi) is 4.51. The molecular weight excluding hydrogens is 331 g/mol. The van der Waals surface area contributed by atoms with Crippen molar-refractivity contribution in [2.75, 3.05) is 19.4 Å². The summed E-state index contributed by atoms with van der Waals surface area (Å²) in [5.74, 6) is -0.895. The molecule has 3 aromatic rings. The number of hydrogen-bond donors (Lipinski definition) is 1. The van der Waals surface area contributed by atoms with Gasteiger partial charge in [-0.25, -0.2) is 9.37 Å². The molecule has 0 fully saturated rings. The van der Waals surface area contributed by atoms with Gasteiger partial charge in [-0.1, -0.05) is 17.7 Å². The minimum atomic E-state index is -0.532. The highest BCUT2D eigenvalue weighted by Crippen LogP contribution is 2.21. The van der Waals surface area contributed by atoms with E-state index in [1.807, 2.05) is 47.8 Å². The van der Waals surface area contributed by atoms with Crippen LogP contribution in [0.1, 0.15) is 16.2 Å². The third-order valence-corrected chi connectivity index (χ3v) is 3.78. The summed E-state index contributed by atoms with van der Waals surface area (Å²) in [6.07, 6.45) is 1.87. The Hall–Kier alpha value is -2.44. The molecule has 24 heavy (non-hydrogen) atoms. The molecule has 5 nitrogen and oxygen atoms in total. The number of aromatic nitrogens is 2. The second-order valence-electron chi connectivity index (χ2n) is 5.66. The number of amides is 1. The summed E-state index contributed by atoms with van der Waals surface area (Å²) in [7, 11) is 3.84. The summed E-state index contributed by atoms with van der Waals surface area (Å²) < 4.78 is 15.1. The van der Waals surface area contributed by atoms with E-state index in [0.29, 0.717) is 23.6 Å². The summed E-state index contributed by atoms with van der Waals surface area (Å²) in [5.41, 5.74) is 2.22. The predicted molar refractivity (Wildman–Crippen MR) is 91.9 cm³/mol. The van der Waals surface area contributed by atoms with Gasteiger partial charge in [0.25, 0.3) is 5.91 Å². The minimum absolute atomic E-state index is 0.0451. The summed E-state index contributed by atoms with van der Waals surface area (Å²) in [6, 6.07) is 9.63. The lowest BCUT2D eigenvalue weighted by molar-refractivity contribution is 0.102. The Labute approximate surface area is 143 Å². The van der Waals surface area contributed by atoms with Crippen molar-refractivity contribution in [1.29, 1.82) is 0 Å². The number of carbonyl (C=O) groups is 1. The molecule has 0 saturated heterocycles. The van der Waals surface area contributed by atoms with E-state index in [1.165, 1.54) is 18.2 Å². The van der Waals surface area contributed by atoms with Crippen molar-refractivity contribution in [3.63, 3.8) is 0 Å². The maximum atomic E-state index is 13.2. The number of anilines is 1. The standard InChI is InChI=1S/C17H16ClFN4O/c1-22(2)10-14-16(21-15-5-3-4-8-23(14)15)17(24)20-11-6-7-13(19)12(18)9-11/h3-9H,10H2,1-2H3,(H,20,24). The first-order chi connectivity index (χ1) is 11.5. The van der Waals surface area contributed by atoms with Gasteiger partial charge < -0.3 is 14.6 Å². The first-order valence-corrected chi connectivity index (χ1v) is 7.70. The van der Waals surface area contributed by atoms with E-state index in [0.717, 1.165) is 5.69 Å². The number of pyridine rings is 1. The Morgan fingerprint density at radius 2 is 2.12 bits per heavy atom. The number of hydrogen-bond acceptors (Lipinski definition) is 3. The molecule has 0 aliphatic carbocycles. The van der Waals surface area contributed by atoms with E-state index >= 15 is 0 Å². The second kappa shape index (κ2) is 6.59. The number of nitrogens with zero attached hydrogens (tertiary/aromatic N) is 3. The maximum Gasteiger partial charge on any atom is 0.276 e. The van der Waals surface area contributed by atoms with Crippen LogP contribution in [0.3, 0.4) is 0 Å². The highest BCUT2D eigenvalue weighted by atomic mass is 35.5. The average molecular weight is 347 g/mol.